The Morgan fingerprint density at radius 3 is 2.11 bits per heavy atom. The Morgan fingerprint density at radius 2 is 1.53 bits per heavy atom. The molecular weight excluding hydrogens is 474 g/mol. The first-order chi connectivity index (χ1) is 17.5. The molecular formula is C27H37N5O3S. The predicted octanol–water partition coefficient (Wildman–Crippen LogP) is 4.45. The zero-order valence-corrected chi connectivity index (χ0v) is 21.9. The monoisotopic (exact) mass is 511 g/mol. The van der Waals surface area contributed by atoms with Crippen molar-refractivity contribution in [2.24, 2.45) is 0 Å². The summed E-state index contributed by atoms with van der Waals surface area (Å²) < 4.78 is 4.23. The van der Waals surface area contributed by atoms with Gasteiger partial charge in [-0.15, -0.1) is 0 Å². The van der Waals surface area contributed by atoms with E-state index in [2.05, 4.69) is 21.9 Å². The van der Waals surface area contributed by atoms with Gasteiger partial charge in [0.25, 0.3) is 11.8 Å². The van der Waals surface area contributed by atoms with Crippen LogP contribution in [0.15, 0.2) is 24.3 Å². The highest BCUT2D eigenvalue weighted by atomic mass is 32.1. The lowest BCUT2D eigenvalue weighted by Crippen LogP contribution is -2.45. The SMILES string of the molecule is CCc1ccc(N(CC(=O)NC2CCCCC2)C(=O)c2snc(C(=O)NC3CCCCC3)c2N)cc1. The molecule has 4 rings (SSSR count). The van der Waals surface area contributed by atoms with Gasteiger partial charge in [-0.25, -0.2) is 0 Å². The van der Waals surface area contributed by atoms with Crippen molar-refractivity contribution in [3.8, 4) is 0 Å². The van der Waals surface area contributed by atoms with E-state index in [0.717, 1.165) is 74.9 Å². The van der Waals surface area contributed by atoms with E-state index in [4.69, 9.17) is 5.73 Å². The minimum atomic E-state index is -0.426. The lowest BCUT2D eigenvalue weighted by atomic mass is 9.95. The summed E-state index contributed by atoms with van der Waals surface area (Å²) in [5.41, 5.74) is 8.19. The number of carbonyl (C=O) groups is 3. The maximum absolute atomic E-state index is 13.7. The molecule has 8 nitrogen and oxygen atoms in total. The number of aryl methyl sites for hydroxylation is 1. The number of amides is 3. The van der Waals surface area contributed by atoms with Crippen molar-refractivity contribution in [1.82, 2.24) is 15.0 Å². The molecule has 1 heterocycles. The lowest BCUT2D eigenvalue weighted by molar-refractivity contribution is -0.120. The zero-order chi connectivity index (χ0) is 25.5. The Balaban J connectivity index is 1.52. The number of nitrogens with two attached hydrogens (primary N) is 1. The summed E-state index contributed by atoms with van der Waals surface area (Å²) in [6, 6.07) is 7.86. The predicted molar refractivity (Wildman–Crippen MR) is 143 cm³/mol. The van der Waals surface area contributed by atoms with Gasteiger partial charge in [0.1, 0.15) is 11.4 Å². The quantitative estimate of drug-likeness (QED) is 0.484. The fraction of sp³-hybridized carbons (Fsp3) is 0.556. The molecule has 0 unspecified atom stereocenters. The molecule has 36 heavy (non-hydrogen) atoms. The van der Waals surface area contributed by atoms with Crippen LogP contribution >= 0.6 is 11.5 Å². The average molecular weight is 512 g/mol. The molecule has 2 aromatic rings. The lowest BCUT2D eigenvalue weighted by Gasteiger charge is -2.26. The molecule has 1 aromatic carbocycles. The van der Waals surface area contributed by atoms with Gasteiger partial charge in [-0.1, -0.05) is 57.6 Å². The molecule has 0 aliphatic heterocycles. The Morgan fingerprint density at radius 1 is 0.944 bits per heavy atom. The van der Waals surface area contributed by atoms with E-state index in [1.807, 2.05) is 24.3 Å². The molecule has 2 aliphatic rings. The molecule has 194 valence electrons. The van der Waals surface area contributed by atoms with E-state index < -0.39 is 5.91 Å². The molecule has 0 saturated heterocycles. The third-order valence-corrected chi connectivity index (χ3v) is 8.10. The molecule has 1 aromatic heterocycles. The average Bonchev–Trinajstić information content (AvgIpc) is 3.29. The van der Waals surface area contributed by atoms with Crippen LogP contribution in [0.4, 0.5) is 11.4 Å². The summed E-state index contributed by atoms with van der Waals surface area (Å²) in [4.78, 5) is 41.1. The first kappa shape index (κ1) is 26.1. The number of hydrogen-bond donors (Lipinski definition) is 3. The second kappa shape index (κ2) is 12.3. The van der Waals surface area contributed by atoms with Gasteiger partial charge in [-0.3, -0.25) is 19.3 Å². The van der Waals surface area contributed by atoms with E-state index in [-0.39, 0.29) is 46.7 Å². The summed E-state index contributed by atoms with van der Waals surface area (Å²) in [7, 11) is 0. The van der Waals surface area contributed by atoms with Gasteiger partial charge >= 0.3 is 0 Å². The van der Waals surface area contributed by atoms with E-state index in [1.165, 1.54) is 17.7 Å². The normalized spacial score (nSPS) is 16.9. The van der Waals surface area contributed by atoms with Gasteiger partial charge in [0.15, 0.2) is 5.69 Å². The molecule has 2 aliphatic carbocycles. The largest absolute Gasteiger partial charge is 0.395 e. The van der Waals surface area contributed by atoms with Gasteiger partial charge in [0.2, 0.25) is 5.91 Å². The fourth-order valence-corrected chi connectivity index (χ4v) is 5.84. The Kier molecular flexibility index (Phi) is 8.96. The first-order valence-corrected chi connectivity index (χ1v) is 14.0. The van der Waals surface area contributed by atoms with Crippen molar-refractivity contribution in [3.63, 3.8) is 0 Å². The number of anilines is 2. The maximum Gasteiger partial charge on any atom is 0.273 e. The number of hydrogen-bond acceptors (Lipinski definition) is 6. The van der Waals surface area contributed by atoms with E-state index >= 15 is 0 Å². The summed E-state index contributed by atoms with van der Waals surface area (Å²) in [6.45, 7) is 1.94. The van der Waals surface area contributed by atoms with E-state index in [1.54, 1.807) is 0 Å². The fourth-order valence-electron chi connectivity index (χ4n) is 5.09. The van der Waals surface area contributed by atoms with E-state index in [0.29, 0.717) is 5.69 Å². The third-order valence-electron chi connectivity index (χ3n) is 7.25. The number of rotatable bonds is 8. The van der Waals surface area contributed by atoms with Crippen LogP contribution in [0.2, 0.25) is 0 Å². The molecule has 0 bridgehead atoms. The van der Waals surface area contributed by atoms with Crippen LogP contribution in [0.5, 0.6) is 0 Å². The molecule has 0 atom stereocenters. The number of nitrogen functional groups attached to an aromatic ring is 1. The van der Waals surface area contributed by atoms with Crippen LogP contribution in [-0.4, -0.2) is 40.7 Å². The molecule has 4 N–H and O–H groups in total. The number of nitrogens with one attached hydrogen (secondary N) is 2. The van der Waals surface area contributed by atoms with Gasteiger partial charge in [-0.05, 0) is 61.3 Å². The third kappa shape index (κ3) is 6.43. The Bertz CT molecular complexity index is 1060. The Hall–Kier alpha value is -2.94. The highest BCUT2D eigenvalue weighted by molar-refractivity contribution is 7.09. The number of carbonyl (C=O) groups excluding carboxylic acids is 3. The van der Waals surface area contributed by atoms with Gasteiger partial charge in [0.05, 0.1) is 5.69 Å². The highest BCUT2D eigenvalue weighted by Gasteiger charge is 2.29. The molecule has 0 radical (unpaired) electrons. The smallest absolute Gasteiger partial charge is 0.273 e. The minimum absolute atomic E-state index is 0.0705. The van der Waals surface area contributed by atoms with Crippen molar-refractivity contribution in [1.29, 1.82) is 0 Å². The molecule has 2 saturated carbocycles. The Labute approximate surface area is 217 Å². The second-order valence-electron chi connectivity index (χ2n) is 9.90. The summed E-state index contributed by atoms with van der Waals surface area (Å²) in [5, 5.41) is 6.11. The number of benzene rings is 1. The number of nitrogens with zero attached hydrogens (tertiary/aromatic N) is 2. The van der Waals surface area contributed by atoms with E-state index in [9.17, 15) is 14.4 Å². The molecule has 3 amide bonds. The summed E-state index contributed by atoms with van der Waals surface area (Å²) >= 11 is 0.909. The van der Waals surface area contributed by atoms with Gasteiger partial charge in [0, 0.05) is 17.8 Å². The zero-order valence-electron chi connectivity index (χ0n) is 21.1. The van der Waals surface area contributed by atoms with Gasteiger partial charge < -0.3 is 16.4 Å². The van der Waals surface area contributed by atoms with Crippen LogP contribution in [-0.2, 0) is 11.2 Å². The molecule has 2 fully saturated rings. The summed E-state index contributed by atoms with van der Waals surface area (Å²) in [5.74, 6) is -0.971. The van der Waals surface area contributed by atoms with Crippen molar-refractivity contribution >= 4 is 40.6 Å². The van der Waals surface area contributed by atoms with Crippen molar-refractivity contribution in [2.75, 3.05) is 17.2 Å². The van der Waals surface area contributed by atoms with Crippen molar-refractivity contribution < 1.29 is 14.4 Å². The van der Waals surface area contributed by atoms with Crippen LogP contribution in [0, 0.1) is 0 Å². The number of aromatic nitrogens is 1. The summed E-state index contributed by atoms with van der Waals surface area (Å²) in [6.07, 6.45) is 11.5. The second-order valence-corrected chi connectivity index (χ2v) is 10.7. The van der Waals surface area contributed by atoms with Crippen LogP contribution in [0.3, 0.4) is 0 Å². The van der Waals surface area contributed by atoms with Crippen LogP contribution in [0.1, 0.15) is 96.9 Å². The maximum atomic E-state index is 13.7. The van der Waals surface area contributed by atoms with Crippen LogP contribution in [0.25, 0.3) is 0 Å². The molecule has 0 spiro atoms. The molecule has 9 heteroatoms. The standard InChI is InChI=1S/C27H37N5O3S/c1-2-18-13-15-21(16-14-18)32(17-22(33)29-19-9-5-3-6-10-19)27(35)25-23(28)24(31-36-25)26(34)30-20-11-7-4-8-12-20/h13-16,19-20H,2-12,17,28H2,1H3,(H,29,33)(H,30,34). The van der Waals surface area contributed by atoms with Crippen molar-refractivity contribution in [2.45, 2.75) is 89.6 Å². The van der Waals surface area contributed by atoms with Crippen LogP contribution < -0.4 is 21.3 Å². The first-order valence-electron chi connectivity index (χ1n) is 13.2. The van der Waals surface area contributed by atoms with Crippen molar-refractivity contribution in [3.05, 3.63) is 40.4 Å². The minimum Gasteiger partial charge on any atom is -0.395 e. The highest BCUT2D eigenvalue weighted by Crippen LogP contribution is 2.27. The topological polar surface area (TPSA) is 117 Å². The van der Waals surface area contributed by atoms with Gasteiger partial charge in [-0.2, -0.15) is 4.37 Å².